The number of nitrogens with one attached hydrogen (secondary N) is 2. The molecule has 8 nitrogen and oxygen atoms in total. The van der Waals surface area contributed by atoms with Crippen molar-refractivity contribution in [3.63, 3.8) is 0 Å². The molecule has 8 heteroatoms. The number of aromatic nitrogens is 3. The van der Waals surface area contributed by atoms with Crippen LogP contribution in [0.3, 0.4) is 0 Å². The molecule has 0 bridgehead atoms. The number of aliphatic carboxylic acids is 1. The minimum Gasteiger partial charge on any atom is -0.481 e. The first-order valence-corrected chi connectivity index (χ1v) is 11.6. The standard InChI is InChI=1S/C27H31N5O3/c1-17(24(28-5)32-22-15-29-16-23(31-22)35-26(2,3)4)21-11-8-19(14-30-21)18-6-9-20(10-7-18)27(12-13-27)25(33)34/h6-11,14-16,28H,12-13H2,1-5H3,(H,31,32)(H,33,34)/b24-17-. The monoisotopic (exact) mass is 473 g/mol. The van der Waals surface area contributed by atoms with Crippen molar-refractivity contribution in [1.82, 2.24) is 20.3 Å². The lowest BCUT2D eigenvalue weighted by molar-refractivity contribution is -0.140. The van der Waals surface area contributed by atoms with E-state index in [0.717, 1.165) is 33.8 Å². The maximum atomic E-state index is 11.6. The molecule has 1 saturated carbocycles. The molecule has 2 heterocycles. The van der Waals surface area contributed by atoms with Crippen LogP contribution in [-0.4, -0.2) is 38.7 Å². The summed E-state index contributed by atoms with van der Waals surface area (Å²) in [6, 6.07) is 11.7. The summed E-state index contributed by atoms with van der Waals surface area (Å²) in [5.74, 6) is 1.01. The highest BCUT2D eigenvalue weighted by Crippen LogP contribution is 2.48. The van der Waals surface area contributed by atoms with Crippen molar-refractivity contribution >= 4 is 17.4 Å². The molecule has 35 heavy (non-hydrogen) atoms. The van der Waals surface area contributed by atoms with Gasteiger partial charge in [-0.2, -0.15) is 4.98 Å². The smallest absolute Gasteiger partial charge is 0.314 e. The lowest BCUT2D eigenvalue weighted by Gasteiger charge is -2.20. The first kappa shape index (κ1) is 24.2. The van der Waals surface area contributed by atoms with E-state index in [2.05, 4.69) is 25.6 Å². The molecule has 0 unspecified atom stereocenters. The Bertz CT molecular complexity index is 1240. The molecular formula is C27H31N5O3. The molecule has 0 saturated heterocycles. The molecule has 3 N–H and O–H groups in total. The number of carboxylic acids is 1. The Hall–Kier alpha value is -3.94. The SMILES string of the molecule is CN/C(Nc1cncc(OC(C)(C)C)n1)=C(\C)c1ccc(-c2ccc(C3(C(=O)O)CC3)cc2)cn1. The minimum absolute atomic E-state index is 0.369. The summed E-state index contributed by atoms with van der Waals surface area (Å²) in [6.07, 6.45) is 6.44. The van der Waals surface area contributed by atoms with Crippen molar-refractivity contribution in [3.8, 4) is 17.0 Å². The van der Waals surface area contributed by atoms with Gasteiger partial charge >= 0.3 is 5.97 Å². The average Bonchev–Trinajstić information content (AvgIpc) is 3.64. The van der Waals surface area contributed by atoms with Crippen LogP contribution in [0.15, 0.2) is 60.8 Å². The average molecular weight is 474 g/mol. The van der Waals surface area contributed by atoms with E-state index in [1.54, 1.807) is 12.4 Å². The molecule has 0 amide bonds. The van der Waals surface area contributed by atoms with Gasteiger partial charge in [-0.3, -0.25) is 14.8 Å². The number of ether oxygens (including phenoxy) is 1. The zero-order valence-electron chi connectivity index (χ0n) is 20.7. The van der Waals surface area contributed by atoms with Gasteiger partial charge in [-0.25, -0.2) is 0 Å². The Morgan fingerprint density at radius 1 is 1.03 bits per heavy atom. The number of rotatable bonds is 8. The fraction of sp³-hybridized carbons (Fsp3) is 0.333. The van der Waals surface area contributed by atoms with Crippen LogP contribution in [0.2, 0.25) is 0 Å². The van der Waals surface area contributed by atoms with Crippen molar-refractivity contribution in [2.24, 2.45) is 0 Å². The normalized spacial score (nSPS) is 15.1. The second-order valence-electron chi connectivity index (χ2n) is 9.73. The second kappa shape index (κ2) is 9.37. The Morgan fingerprint density at radius 3 is 2.26 bits per heavy atom. The number of nitrogens with zero attached hydrogens (tertiary/aromatic N) is 3. The third kappa shape index (κ3) is 5.42. The highest BCUT2D eigenvalue weighted by Gasteiger charge is 2.51. The molecule has 3 aromatic rings. The molecule has 0 aliphatic heterocycles. The minimum atomic E-state index is -0.744. The van der Waals surface area contributed by atoms with Crippen LogP contribution in [-0.2, 0) is 10.2 Å². The summed E-state index contributed by atoms with van der Waals surface area (Å²) in [4.78, 5) is 24.9. The predicted molar refractivity (Wildman–Crippen MR) is 136 cm³/mol. The Balaban J connectivity index is 1.51. The maximum absolute atomic E-state index is 11.6. The largest absolute Gasteiger partial charge is 0.481 e. The van der Waals surface area contributed by atoms with Gasteiger partial charge in [0.25, 0.3) is 0 Å². The van der Waals surface area contributed by atoms with Crippen molar-refractivity contribution in [3.05, 3.63) is 72.1 Å². The lowest BCUT2D eigenvalue weighted by Crippen LogP contribution is -2.24. The van der Waals surface area contributed by atoms with E-state index in [1.807, 2.05) is 77.3 Å². The van der Waals surface area contributed by atoms with Gasteiger partial charge in [-0.15, -0.1) is 0 Å². The van der Waals surface area contributed by atoms with Crippen molar-refractivity contribution < 1.29 is 14.6 Å². The number of carboxylic acid groups (broad SMARTS) is 1. The molecule has 1 aliphatic rings. The van der Waals surface area contributed by atoms with E-state index < -0.39 is 11.4 Å². The number of hydrogen-bond donors (Lipinski definition) is 3. The van der Waals surface area contributed by atoms with Gasteiger partial charge in [0.15, 0.2) is 5.82 Å². The Kier molecular flexibility index (Phi) is 6.47. The number of carbonyl (C=O) groups is 1. The van der Waals surface area contributed by atoms with Crippen LogP contribution in [0.25, 0.3) is 16.7 Å². The van der Waals surface area contributed by atoms with Crippen LogP contribution in [0.1, 0.15) is 51.8 Å². The Labute approximate surface area is 205 Å². The maximum Gasteiger partial charge on any atom is 0.314 e. The third-order valence-electron chi connectivity index (χ3n) is 5.98. The van der Waals surface area contributed by atoms with Gasteiger partial charge in [0.1, 0.15) is 11.4 Å². The molecule has 0 radical (unpaired) electrons. The molecule has 1 aliphatic carbocycles. The second-order valence-corrected chi connectivity index (χ2v) is 9.73. The summed E-state index contributed by atoms with van der Waals surface area (Å²) in [6.45, 7) is 7.85. The zero-order chi connectivity index (χ0) is 25.2. The topological polar surface area (TPSA) is 109 Å². The number of hydrogen-bond acceptors (Lipinski definition) is 7. The van der Waals surface area contributed by atoms with Gasteiger partial charge in [-0.1, -0.05) is 30.3 Å². The molecular weight excluding hydrogens is 442 g/mol. The number of anilines is 1. The van der Waals surface area contributed by atoms with Gasteiger partial charge in [-0.05, 0) is 57.7 Å². The number of allylic oxidation sites excluding steroid dienone is 1. The van der Waals surface area contributed by atoms with Gasteiger partial charge in [0, 0.05) is 24.4 Å². The van der Waals surface area contributed by atoms with Crippen LogP contribution in [0.5, 0.6) is 5.88 Å². The van der Waals surface area contributed by atoms with Crippen molar-refractivity contribution in [1.29, 1.82) is 0 Å². The lowest BCUT2D eigenvalue weighted by atomic mass is 9.94. The summed E-state index contributed by atoms with van der Waals surface area (Å²) >= 11 is 0. The van der Waals surface area contributed by atoms with E-state index in [0.29, 0.717) is 24.5 Å². The van der Waals surface area contributed by atoms with Gasteiger partial charge < -0.3 is 20.5 Å². The first-order chi connectivity index (χ1) is 16.6. The first-order valence-electron chi connectivity index (χ1n) is 11.6. The van der Waals surface area contributed by atoms with Crippen LogP contribution >= 0.6 is 0 Å². The van der Waals surface area contributed by atoms with E-state index in [1.165, 1.54) is 0 Å². The summed E-state index contributed by atoms with van der Waals surface area (Å²) in [5.41, 5.74) is 3.48. The van der Waals surface area contributed by atoms with E-state index >= 15 is 0 Å². The zero-order valence-corrected chi connectivity index (χ0v) is 20.7. The molecule has 2 aromatic heterocycles. The number of pyridine rings is 1. The summed E-state index contributed by atoms with van der Waals surface area (Å²) in [7, 11) is 1.83. The molecule has 1 aromatic carbocycles. The fourth-order valence-corrected chi connectivity index (χ4v) is 3.89. The highest BCUT2D eigenvalue weighted by molar-refractivity contribution is 5.85. The van der Waals surface area contributed by atoms with E-state index in [4.69, 9.17) is 4.74 Å². The third-order valence-corrected chi connectivity index (χ3v) is 5.98. The van der Waals surface area contributed by atoms with Crippen molar-refractivity contribution in [2.45, 2.75) is 51.6 Å². The van der Waals surface area contributed by atoms with E-state index in [-0.39, 0.29) is 5.60 Å². The fourth-order valence-electron chi connectivity index (χ4n) is 3.89. The Morgan fingerprint density at radius 2 is 1.71 bits per heavy atom. The van der Waals surface area contributed by atoms with Crippen LogP contribution in [0, 0.1) is 0 Å². The van der Waals surface area contributed by atoms with Gasteiger partial charge in [0.2, 0.25) is 5.88 Å². The predicted octanol–water partition coefficient (Wildman–Crippen LogP) is 4.85. The summed E-state index contributed by atoms with van der Waals surface area (Å²) in [5, 5.41) is 15.9. The number of benzene rings is 1. The molecule has 0 atom stereocenters. The highest BCUT2D eigenvalue weighted by atomic mass is 16.5. The summed E-state index contributed by atoms with van der Waals surface area (Å²) < 4.78 is 5.81. The molecule has 182 valence electrons. The van der Waals surface area contributed by atoms with Crippen LogP contribution in [0.4, 0.5) is 5.82 Å². The van der Waals surface area contributed by atoms with E-state index in [9.17, 15) is 9.90 Å². The quantitative estimate of drug-likeness (QED) is 0.426. The molecule has 0 spiro atoms. The molecule has 1 fully saturated rings. The van der Waals surface area contributed by atoms with Gasteiger partial charge in [0.05, 0.1) is 23.5 Å². The molecule has 4 rings (SSSR count). The van der Waals surface area contributed by atoms with Crippen molar-refractivity contribution in [2.75, 3.05) is 12.4 Å². The van der Waals surface area contributed by atoms with Crippen LogP contribution < -0.4 is 15.4 Å².